The van der Waals surface area contributed by atoms with E-state index in [1.54, 1.807) is 12.1 Å². The molecule has 1 amide bonds. The number of amides is 1. The van der Waals surface area contributed by atoms with Gasteiger partial charge in [-0.2, -0.15) is 0 Å². The van der Waals surface area contributed by atoms with Crippen LogP contribution < -0.4 is 9.62 Å². The van der Waals surface area contributed by atoms with E-state index >= 15 is 0 Å². The SMILES string of the molecule is COCCNC(=O)CN(c1ccc(C)c(Cl)c1)S(C)(=O)=O. The molecule has 0 saturated heterocycles. The van der Waals surface area contributed by atoms with Gasteiger partial charge in [0.25, 0.3) is 0 Å². The highest BCUT2D eigenvalue weighted by molar-refractivity contribution is 7.92. The fourth-order valence-electron chi connectivity index (χ4n) is 1.62. The van der Waals surface area contributed by atoms with Crippen molar-refractivity contribution >= 4 is 33.2 Å². The van der Waals surface area contributed by atoms with Crippen molar-refractivity contribution in [3.05, 3.63) is 28.8 Å². The minimum Gasteiger partial charge on any atom is -0.383 e. The molecule has 0 aliphatic rings. The van der Waals surface area contributed by atoms with E-state index in [9.17, 15) is 13.2 Å². The fraction of sp³-hybridized carbons (Fsp3) is 0.462. The number of sulfonamides is 1. The molecule has 1 N–H and O–H groups in total. The zero-order valence-electron chi connectivity index (χ0n) is 12.2. The number of rotatable bonds is 7. The number of anilines is 1. The molecule has 118 valence electrons. The number of benzene rings is 1. The monoisotopic (exact) mass is 334 g/mol. The first-order valence-electron chi connectivity index (χ1n) is 6.25. The molecule has 1 aromatic carbocycles. The summed E-state index contributed by atoms with van der Waals surface area (Å²) in [4.78, 5) is 11.8. The van der Waals surface area contributed by atoms with Crippen LogP contribution in [0.4, 0.5) is 5.69 Å². The van der Waals surface area contributed by atoms with Crippen LogP contribution in [-0.2, 0) is 19.6 Å². The van der Waals surface area contributed by atoms with Crippen molar-refractivity contribution in [2.45, 2.75) is 6.92 Å². The number of carbonyl (C=O) groups excluding carboxylic acids is 1. The first kappa shape index (κ1) is 17.7. The van der Waals surface area contributed by atoms with Crippen molar-refractivity contribution in [3.63, 3.8) is 0 Å². The predicted molar refractivity (Wildman–Crippen MR) is 83.3 cm³/mol. The Morgan fingerprint density at radius 3 is 2.62 bits per heavy atom. The van der Waals surface area contributed by atoms with Crippen LogP contribution in [0.2, 0.25) is 5.02 Å². The summed E-state index contributed by atoms with van der Waals surface area (Å²) in [6.07, 6.45) is 1.04. The van der Waals surface area contributed by atoms with Gasteiger partial charge in [0, 0.05) is 18.7 Å². The smallest absolute Gasteiger partial charge is 0.240 e. The summed E-state index contributed by atoms with van der Waals surface area (Å²) in [7, 11) is -2.07. The van der Waals surface area contributed by atoms with E-state index in [1.165, 1.54) is 13.2 Å². The third kappa shape index (κ3) is 5.53. The van der Waals surface area contributed by atoms with E-state index in [1.807, 2.05) is 6.92 Å². The molecule has 0 aromatic heterocycles. The molecule has 0 bridgehead atoms. The molecule has 0 fully saturated rings. The molecule has 0 spiro atoms. The second-order valence-corrected chi connectivity index (χ2v) is 6.86. The van der Waals surface area contributed by atoms with Crippen molar-refractivity contribution in [1.82, 2.24) is 5.32 Å². The third-order valence-corrected chi connectivity index (χ3v) is 4.31. The van der Waals surface area contributed by atoms with E-state index in [-0.39, 0.29) is 6.54 Å². The molecule has 0 unspecified atom stereocenters. The van der Waals surface area contributed by atoms with E-state index in [2.05, 4.69) is 5.32 Å². The lowest BCUT2D eigenvalue weighted by Gasteiger charge is -2.22. The Balaban J connectivity index is 2.92. The average Bonchev–Trinajstić information content (AvgIpc) is 2.38. The van der Waals surface area contributed by atoms with Crippen LogP contribution in [-0.4, -0.2) is 47.4 Å². The zero-order chi connectivity index (χ0) is 16.0. The maximum atomic E-state index is 11.9. The Kier molecular flexibility index (Phi) is 6.44. The lowest BCUT2D eigenvalue weighted by molar-refractivity contribution is -0.119. The standard InChI is InChI=1S/C13H19ClN2O4S/c1-10-4-5-11(8-12(10)14)16(21(3,18)19)9-13(17)15-6-7-20-2/h4-5,8H,6-7,9H2,1-3H3,(H,15,17). The van der Waals surface area contributed by atoms with Crippen LogP contribution in [0.25, 0.3) is 0 Å². The van der Waals surface area contributed by atoms with Crippen molar-refractivity contribution in [2.75, 3.05) is 37.4 Å². The van der Waals surface area contributed by atoms with Gasteiger partial charge in [0.15, 0.2) is 0 Å². The number of nitrogens with zero attached hydrogens (tertiary/aromatic N) is 1. The Labute approximate surface area is 130 Å². The summed E-state index contributed by atoms with van der Waals surface area (Å²) in [5.74, 6) is -0.408. The number of hydrogen-bond donors (Lipinski definition) is 1. The minimum atomic E-state index is -3.59. The van der Waals surface area contributed by atoms with Crippen LogP contribution in [0.5, 0.6) is 0 Å². The normalized spacial score (nSPS) is 11.2. The first-order chi connectivity index (χ1) is 9.75. The molecule has 1 aromatic rings. The summed E-state index contributed by atoms with van der Waals surface area (Å²) in [5.41, 5.74) is 1.19. The Morgan fingerprint density at radius 1 is 1.43 bits per heavy atom. The van der Waals surface area contributed by atoms with Crippen molar-refractivity contribution in [3.8, 4) is 0 Å². The minimum absolute atomic E-state index is 0.304. The third-order valence-electron chi connectivity index (χ3n) is 2.76. The number of carbonyl (C=O) groups is 1. The predicted octanol–water partition coefficient (Wildman–Crippen LogP) is 1.18. The number of ether oxygens (including phenoxy) is 1. The number of nitrogens with one attached hydrogen (secondary N) is 1. The Bertz CT molecular complexity index is 604. The lowest BCUT2D eigenvalue weighted by atomic mass is 10.2. The average molecular weight is 335 g/mol. The molecule has 21 heavy (non-hydrogen) atoms. The summed E-state index contributed by atoms with van der Waals surface area (Å²) in [6.45, 7) is 2.19. The molecular formula is C13H19ClN2O4S. The molecule has 0 heterocycles. The van der Waals surface area contributed by atoms with Gasteiger partial charge in [-0.3, -0.25) is 9.10 Å². The van der Waals surface area contributed by atoms with Crippen LogP contribution in [0.3, 0.4) is 0 Å². The second-order valence-electron chi connectivity index (χ2n) is 4.55. The maximum Gasteiger partial charge on any atom is 0.240 e. The molecule has 1 rings (SSSR count). The second kappa shape index (κ2) is 7.63. The fourth-order valence-corrected chi connectivity index (χ4v) is 2.64. The van der Waals surface area contributed by atoms with Gasteiger partial charge in [0.05, 0.1) is 18.6 Å². The number of methoxy groups -OCH3 is 1. The van der Waals surface area contributed by atoms with Crippen molar-refractivity contribution < 1.29 is 17.9 Å². The Morgan fingerprint density at radius 2 is 2.10 bits per heavy atom. The van der Waals surface area contributed by atoms with Crippen LogP contribution >= 0.6 is 11.6 Å². The Hall–Kier alpha value is -1.31. The van der Waals surface area contributed by atoms with Gasteiger partial charge in [-0.25, -0.2) is 8.42 Å². The number of hydrogen-bond acceptors (Lipinski definition) is 4. The van der Waals surface area contributed by atoms with Crippen LogP contribution in [0.1, 0.15) is 5.56 Å². The highest BCUT2D eigenvalue weighted by Gasteiger charge is 2.21. The van der Waals surface area contributed by atoms with Gasteiger partial charge in [-0.1, -0.05) is 17.7 Å². The van der Waals surface area contributed by atoms with Gasteiger partial charge in [-0.15, -0.1) is 0 Å². The van der Waals surface area contributed by atoms with Gasteiger partial charge in [0.2, 0.25) is 15.9 Å². The van der Waals surface area contributed by atoms with E-state index < -0.39 is 15.9 Å². The summed E-state index contributed by atoms with van der Waals surface area (Å²) in [5, 5.41) is 3.02. The molecule has 0 atom stereocenters. The van der Waals surface area contributed by atoms with E-state index in [4.69, 9.17) is 16.3 Å². The molecule has 0 aliphatic carbocycles. The zero-order valence-corrected chi connectivity index (χ0v) is 13.8. The van der Waals surface area contributed by atoms with Crippen LogP contribution in [0, 0.1) is 6.92 Å². The molecular weight excluding hydrogens is 316 g/mol. The van der Waals surface area contributed by atoms with Gasteiger partial charge < -0.3 is 10.1 Å². The summed E-state index contributed by atoms with van der Waals surface area (Å²) >= 11 is 6.01. The van der Waals surface area contributed by atoms with Gasteiger partial charge in [-0.05, 0) is 24.6 Å². The molecule has 8 heteroatoms. The largest absolute Gasteiger partial charge is 0.383 e. The summed E-state index contributed by atoms with van der Waals surface area (Å²) in [6, 6.07) is 4.85. The molecule has 0 aliphatic heterocycles. The van der Waals surface area contributed by atoms with E-state index in [0.29, 0.717) is 23.9 Å². The molecule has 0 saturated carbocycles. The topological polar surface area (TPSA) is 75.7 Å². The van der Waals surface area contributed by atoms with Crippen LogP contribution in [0.15, 0.2) is 18.2 Å². The van der Waals surface area contributed by atoms with Crippen molar-refractivity contribution in [1.29, 1.82) is 0 Å². The highest BCUT2D eigenvalue weighted by Crippen LogP contribution is 2.24. The van der Waals surface area contributed by atoms with E-state index in [0.717, 1.165) is 16.1 Å². The van der Waals surface area contributed by atoms with Crippen molar-refractivity contribution in [2.24, 2.45) is 0 Å². The first-order valence-corrected chi connectivity index (χ1v) is 8.48. The maximum absolute atomic E-state index is 11.9. The van der Waals surface area contributed by atoms with Gasteiger partial charge >= 0.3 is 0 Å². The van der Waals surface area contributed by atoms with Gasteiger partial charge in [0.1, 0.15) is 6.54 Å². The quantitative estimate of drug-likeness (QED) is 0.760. The lowest BCUT2D eigenvalue weighted by Crippen LogP contribution is -2.41. The molecule has 6 nitrogen and oxygen atoms in total. The number of aryl methyl sites for hydroxylation is 1. The number of halogens is 1. The highest BCUT2D eigenvalue weighted by atomic mass is 35.5. The summed E-state index contributed by atoms with van der Waals surface area (Å²) < 4.78 is 29.6. The molecule has 0 radical (unpaired) electrons.